The van der Waals surface area contributed by atoms with Crippen molar-refractivity contribution in [1.29, 1.82) is 0 Å². The molecule has 0 unspecified atom stereocenters. The van der Waals surface area contributed by atoms with E-state index in [1.807, 2.05) is 18.4 Å². The van der Waals surface area contributed by atoms with Gasteiger partial charge in [-0.2, -0.15) is 0 Å². The summed E-state index contributed by atoms with van der Waals surface area (Å²) >= 11 is 1.85. The van der Waals surface area contributed by atoms with Gasteiger partial charge in [-0.3, -0.25) is 0 Å². The Hall–Kier alpha value is -0.610. The van der Waals surface area contributed by atoms with Crippen molar-refractivity contribution in [3.8, 4) is 0 Å². The van der Waals surface area contributed by atoms with Crippen LogP contribution in [-0.4, -0.2) is 25.1 Å². The molecule has 0 spiro atoms. The van der Waals surface area contributed by atoms with Crippen molar-refractivity contribution in [3.63, 3.8) is 0 Å². The van der Waals surface area contributed by atoms with Crippen molar-refractivity contribution in [2.75, 3.05) is 25.0 Å². The van der Waals surface area contributed by atoms with Crippen LogP contribution in [0.1, 0.15) is 44.7 Å². The molecule has 0 radical (unpaired) electrons. The number of hydrogen-bond acceptors (Lipinski definition) is 4. The molecule has 1 N–H and O–H groups in total. The second-order valence-electron chi connectivity index (χ2n) is 5.08. The average Bonchev–Trinajstić information content (AvgIpc) is 2.70. The lowest BCUT2D eigenvalue weighted by molar-refractivity contribution is 0.617. The number of aryl methyl sites for hydroxylation is 1. The van der Waals surface area contributed by atoms with E-state index in [0.717, 1.165) is 32.5 Å². The molecule has 0 aliphatic heterocycles. The van der Waals surface area contributed by atoms with Crippen molar-refractivity contribution in [2.45, 2.75) is 47.1 Å². The third-order valence-corrected chi connectivity index (χ3v) is 3.99. The first kappa shape index (κ1) is 15.4. The summed E-state index contributed by atoms with van der Waals surface area (Å²) in [5, 5.41) is 4.44. The highest BCUT2D eigenvalue weighted by molar-refractivity contribution is 7.15. The fourth-order valence-corrected chi connectivity index (χ4v) is 3.21. The summed E-state index contributed by atoms with van der Waals surface area (Å²) in [6.45, 7) is 12.0. The zero-order chi connectivity index (χ0) is 13.5. The van der Waals surface area contributed by atoms with E-state index >= 15 is 0 Å². The van der Waals surface area contributed by atoms with E-state index in [2.05, 4.69) is 37.9 Å². The van der Waals surface area contributed by atoms with E-state index in [0.29, 0.717) is 5.92 Å². The van der Waals surface area contributed by atoms with Crippen LogP contribution in [0.25, 0.3) is 0 Å². The molecule has 1 rings (SSSR count). The predicted molar refractivity (Wildman–Crippen MR) is 81.6 cm³/mol. The number of anilines is 1. The molecule has 1 heterocycles. The van der Waals surface area contributed by atoms with Crippen LogP contribution < -0.4 is 10.2 Å². The topological polar surface area (TPSA) is 28.2 Å². The molecule has 0 aliphatic carbocycles. The summed E-state index contributed by atoms with van der Waals surface area (Å²) < 4.78 is 0. The van der Waals surface area contributed by atoms with Crippen molar-refractivity contribution in [2.24, 2.45) is 5.92 Å². The fraction of sp³-hybridized carbons (Fsp3) is 0.786. The zero-order valence-corrected chi connectivity index (χ0v) is 13.2. The summed E-state index contributed by atoms with van der Waals surface area (Å²) in [6, 6.07) is 0. The number of aromatic nitrogens is 1. The van der Waals surface area contributed by atoms with Gasteiger partial charge in [0.1, 0.15) is 0 Å². The number of nitrogens with zero attached hydrogens (tertiary/aromatic N) is 2. The summed E-state index contributed by atoms with van der Waals surface area (Å²) in [4.78, 5) is 8.64. The Labute approximate surface area is 116 Å². The first-order valence-electron chi connectivity index (χ1n) is 7.00. The lowest BCUT2D eigenvalue weighted by Gasteiger charge is -2.21. The van der Waals surface area contributed by atoms with Crippen LogP contribution in [0.4, 0.5) is 5.13 Å². The minimum Gasteiger partial charge on any atom is -0.348 e. The summed E-state index contributed by atoms with van der Waals surface area (Å²) in [6.07, 6.45) is 2.25. The summed E-state index contributed by atoms with van der Waals surface area (Å²) in [5.41, 5.74) is 1.29. The Morgan fingerprint density at radius 3 is 2.56 bits per heavy atom. The average molecular weight is 269 g/mol. The molecular weight excluding hydrogens is 242 g/mol. The Balaban J connectivity index is 2.89. The predicted octanol–water partition coefficient (Wildman–Crippen LogP) is 3.30. The first-order valence-corrected chi connectivity index (χ1v) is 7.82. The molecule has 0 amide bonds. The van der Waals surface area contributed by atoms with Crippen LogP contribution >= 0.6 is 11.3 Å². The maximum Gasteiger partial charge on any atom is 0.185 e. The van der Waals surface area contributed by atoms with Crippen molar-refractivity contribution in [3.05, 3.63) is 10.6 Å². The molecule has 0 aliphatic rings. The number of nitrogens with one attached hydrogen (secondary N) is 1. The summed E-state index contributed by atoms with van der Waals surface area (Å²) in [7, 11) is 2.00. The molecule has 0 aromatic carbocycles. The van der Waals surface area contributed by atoms with Gasteiger partial charge in [-0.1, -0.05) is 27.2 Å². The normalized spacial score (nSPS) is 11.2. The molecule has 1 aromatic heterocycles. The minimum atomic E-state index is 0.677. The maximum absolute atomic E-state index is 4.85. The Morgan fingerprint density at radius 2 is 2.06 bits per heavy atom. The Bertz CT molecular complexity index is 323. The van der Waals surface area contributed by atoms with Gasteiger partial charge in [0.05, 0.1) is 5.69 Å². The van der Waals surface area contributed by atoms with Gasteiger partial charge >= 0.3 is 0 Å². The molecule has 4 heteroatoms. The van der Waals surface area contributed by atoms with Crippen molar-refractivity contribution < 1.29 is 0 Å². The highest BCUT2D eigenvalue weighted by Crippen LogP contribution is 2.27. The fourth-order valence-electron chi connectivity index (χ4n) is 2.02. The lowest BCUT2D eigenvalue weighted by atomic mass is 10.2. The van der Waals surface area contributed by atoms with Gasteiger partial charge in [0, 0.05) is 24.5 Å². The van der Waals surface area contributed by atoms with Gasteiger partial charge in [0.25, 0.3) is 0 Å². The van der Waals surface area contributed by atoms with Gasteiger partial charge in [-0.15, -0.1) is 11.3 Å². The second kappa shape index (κ2) is 7.74. The largest absolute Gasteiger partial charge is 0.348 e. The van der Waals surface area contributed by atoms with Crippen LogP contribution in [0.5, 0.6) is 0 Å². The van der Waals surface area contributed by atoms with Gasteiger partial charge in [0.2, 0.25) is 0 Å². The third-order valence-electron chi connectivity index (χ3n) is 2.83. The number of hydrogen-bond donors (Lipinski definition) is 1. The number of rotatable bonds is 8. The van der Waals surface area contributed by atoms with Crippen LogP contribution in [-0.2, 0) is 13.0 Å². The molecular formula is C14H27N3S. The highest BCUT2D eigenvalue weighted by atomic mass is 32.1. The second-order valence-corrected chi connectivity index (χ2v) is 6.14. The van der Waals surface area contributed by atoms with Gasteiger partial charge in [0.15, 0.2) is 5.13 Å². The van der Waals surface area contributed by atoms with Gasteiger partial charge in [-0.05, 0) is 26.3 Å². The quantitative estimate of drug-likeness (QED) is 0.785. The van der Waals surface area contributed by atoms with Crippen molar-refractivity contribution >= 4 is 16.5 Å². The molecule has 3 nitrogen and oxygen atoms in total. The molecule has 0 fully saturated rings. The minimum absolute atomic E-state index is 0.677. The molecule has 104 valence electrons. The molecule has 1 aromatic rings. The van der Waals surface area contributed by atoms with Crippen LogP contribution in [0, 0.1) is 5.92 Å². The molecule has 0 bridgehead atoms. The molecule has 0 saturated heterocycles. The molecule has 0 saturated carbocycles. The number of thiazole rings is 1. The van der Waals surface area contributed by atoms with Gasteiger partial charge in [-0.25, -0.2) is 4.98 Å². The van der Waals surface area contributed by atoms with Crippen molar-refractivity contribution in [1.82, 2.24) is 10.3 Å². The lowest BCUT2D eigenvalue weighted by Crippen LogP contribution is -2.27. The van der Waals surface area contributed by atoms with Crippen LogP contribution in [0.15, 0.2) is 0 Å². The summed E-state index contributed by atoms with van der Waals surface area (Å²) in [5.74, 6) is 0.677. The van der Waals surface area contributed by atoms with E-state index in [4.69, 9.17) is 4.98 Å². The van der Waals surface area contributed by atoms with Crippen LogP contribution in [0.2, 0.25) is 0 Å². The monoisotopic (exact) mass is 269 g/mol. The third kappa shape index (κ3) is 4.25. The SMILES string of the molecule is CCCc1nc(N(CC)CC(C)C)sc1CNC. The van der Waals surface area contributed by atoms with E-state index in [1.54, 1.807) is 0 Å². The maximum atomic E-state index is 4.85. The van der Waals surface area contributed by atoms with E-state index in [-0.39, 0.29) is 0 Å². The molecule has 0 atom stereocenters. The highest BCUT2D eigenvalue weighted by Gasteiger charge is 2.15. The van der Waals surface area contributed by atoms with E-state index in [1.165, 1.54) is 15.7 Å². The zero-order valence-electron chi connectivity index (χ0n) is 12.4. The molecule has 18 heavy (non-hydrogen) atoms. The van der Waals surface area contributed by atoms with Crippen LogP contribution in [0.3, 0.4) is 0 Å². The Kier molecular flexibility index (Phi) is 6.65. The standard InChI is InChI=1S/C14H27N3S/c1-6-8-12-13(9-15-5)18-14(16-12)17(7-2)10-11(3)4/h11,15H,6-10H2,1-5H3. The smallest absolute Gasteiger partial charge is 0.185 e. The van der Waals surface area contributed by atoms with Gasteiger partial charge < -0.3 is 10.2 Å². The van der Waals surface area contributed by atoms with E-state index < -0.39 is 0 Å². The van der Waals surface area contributed by atoms with E-state index in [9.17, 15) is 0 Å². The first-order chi connectivity index (χ1) is 8.62. The Morgan fingerprint density at radius 1 is 1.33 bits per heavy atom.